The molecular weight excluding hydrogens is 318 g/mol. The summed E-state index contributed by atoms with van der Waals surface area (Å²) in [6.45, 7) is 0. The molecule has 2 aromatic carbocycles. The molecule has 0 aliphatic rings. The summed E-state index contributed by atoms with van der Waals surface area (Å²) in [6.07, 6.45) is 0. The molecule has 0 atom stereocenters. The van der Waals surface area contributed by atoms with Crippen LogP contribution in [0.3, 0.4) is 0 Å². The minimum Gasteiger partial charge on any atom is -0.398 e. The predicted molar refractivity (Wildman–Crippen MR) is 87.3 cm³/mol. The van der Waals surface area contributed by atoms with Crippen molar-refractivity contribution in [2.75, 3.05) is 30.0 Å². The van der Waals surface area contributed by atoms with Crippen molar-refractivity contribution in [3.8, 4) is 0 Å². The fourth-order valence-corrected chi connectivity index (χ4v) is 2.11. The summed E-state index contributed by atoms with van der Waals surface area (Å²) >= 11 is 3.34. The normalized spacial score (nSPS) is 10.2. The first-order valence-electron chi connectivity index (χ1n) is 6.11. The van der Waals surface area contributed by atoms with E-state index in [4.69, 9.17) is 5.73 Å². The third kappa shape index (κ3) is 3.30. The summed E-state index contributed by atoms with van der Waals surface area (Å²) in [5, 5.41) is 2.85. The third-order valence-electron chi connectivity index (χ3n) is 2.88. The monoisotopic (exact) mass is 333 g/mol. The molecule has 0 radical (unpaired) electrons. The molecule has 3 N–H and O–H groups in total. The Morgan fingerprint density at radius 3 is 2.60 bits per heavy atom. The number of hydrogen-bond acceptors (Lipinski definition) is 3. The number of nitrogens with one attached hydrogen (secondary N) is 1. The second-order valence-electron chi connectivity index (χ2n) is 4.64. The highest BCUT2D eigenvalue weighted by Gasteiger charge is 2.08. The minimum absolute atomic E-state index is 0.148. The maximum Gasteiger partial charge on any atom is 0.255 e. The van der Waals surface area contributed by atoms with E-state index in [1.807, 2.05) is 37.2 Å². The SMILES string of the molecule is CN(C)c1cccc(C(=O)Nc2ccc(N)c(Br)c2)c1. The van der Waals surface area contributed by atoms with Crippen LogP contribution in [-0.4, -0.2) is 20.0 Å². The fraction of sp³-hybridized carbons (Fsp3) is 0.133. The molecule has 2 rings (SSSR count). The Morgan fingerprint density at radius 1 is 1.20 bits per heavy atom. The summed E-state index contributed by atoms with van der Waals surface area (Å²) in [5.41, 5.74) is 8.65. The molecule has 0 saturated carbocycles. The highest BCUT2D eigenvalue weighted by Crippen LogP contribution is 2.23. The van der Waals surface area contributed by atoms with Crippen molar-refractivity contribution >= 4 is 38.9 Å². The molecule has 0 bridgehead atoms. The average Bonchev–Trinajstić information content (AvgIpc) is 2.43. The Labute approximate surface area is 126 Å². The van der Waals surface area contributed by atoms with E-state index in [0.717, 1.165) is 10.2 Å². The van der Waals surface area contributed by atoms with E-state index in [2.05, 4.69) is 21.2 Å². The number of amides is 1. The van der Waals surface area contributed by atoms with E-state index in [9.17, 15) is 4.79 Å². The highest BCUT2D eigenvalue weighted by atomic mass is 79.9. The van der Waals surface area contributed by atoms with Crippen molar-refractivity contribution < 1.29 is 4.79 Å². The number of halogens is 1. The van der Waals surface area contributed by atoms with Gasteiger partial charge < -0.3 is 16.0 Å². The Bertz CT molecular complexity index is 641. The van der Waals surface area contributed by atoms with Crippen LogP contribution in [0, 0.1) is 0 Å². The molecule has 2 aromatic rings. The molecule has 0 spiro atoms. The first-order valence-corrected chi connectivity index (χ1v) is 6.90. The van der Waals surface area contributed by atoms with Gasteiger partial charge in [-0.1, -0.05) is 6.07 Å². The summed E-state index contributed by atoms with van der Waals surface area (Å²) in [6, 6.07) is 12.8. The van der Waals surface area contributed by atoms with E-state index in [1.54, 1.807) is 24.3 Å². The summed E-state index contributed by atoms with van der Waals surface area (Å²) in [5.74, 6) is -0.148. The average molecular weight is 334 g/mol. The van der Waals surface area contributed by atoms with Crippen LogP contribution in [0.25, 0.3) is 0 Å². The number of benzene rings is 2. The Kier molecular flexibility index (Phi) is 4.29. The van der Waals surface area contributed by atoms with E-state index in [0.29, 0.717) is 16.9 Å². The van der Waals surface area contributed by atoms with E-state index in [-0.39, 0.29) is 5.91 Å². The fourth-order valence-electron chi connectivity index (χ4n) is 1.73. The first-order chi connectivity index (χ1) is 9.47. The standard InChI is InChI=1S/C15H16BrN3O/c1-19(2)12-5-3-4-10(8-12)15(20)18-11-6-7-14(17)13(16)9-11/h3-9H,17H2,1-2H3,(H,18,20). The maximum absolute atomic E-state index is 12.2. The van der Waals surface area contributed by atoms with Gasteiger partial charge in [-0.3, -0.25) is 4.79 Å². The van der Waals surface area contributed by atoms with Gasteiger partial charge in [-0.2, -0.15) is 0 Å². The van der Waals surface area contributed by atoms with E-state index >= 15 is 0 Å². The molecule has 0 fully saturated rings. The van der Waals surface area contributed by atoms with Crippen LogP contribution in [0.2, 0.25) is 0 Å². The van der Waals surface area contributed by atoms with Crippen LogP contribution in [0.15, 0.2) is 46.9 Å². The Balaban J connectivity index is 2.19. The number of carbonyl (C=O) groups excluding carboxylic acids is 1. The van der Waals surface area contributed by atoms with Gasteiger partial charge in [-0.15, -0.1) is 0 Å². The van der Waals surface area contributed by atoms with Gasteiger partial charge in [0.15, 0.2) is 0 Å². The highest BCUT2D eigenvalue weighted by molar-refractivity contribution is 9.10. The van der Waals surface area contributed by atoms with Gasteiger partial charge in [0.05, 0.1) is 0 Å². The van der Waals surface area contributed by atoms with Crippen molar-refractivity contribution in [2.24, 2.45) is 0 Å². The van der Waals surface area contributed by atoms with Crippen LogP contribution in [0.1, 0.15) is 10.4 Å². The quantitative estimate of drug-likeness (QED) is 0.847. The van der Waals surface area contributed by atoms with Gasteiger partial charge >= 0.3 is 0 Å². The van der Waals surface area contributed by atoms with Crippen LogP contribution in [0.4, 0.5) is 17.1 Å². The minimum atomic E-state index is -0.148. The zero-order valence-corrected chi connectivity index (χ0v) is 12.9. The Morgan fingerprint density at radius 2 is 1.95 bits per heavy atom. The second-order valence-corrected chi connectivity index (χ2v) is 5.49. The molecule has 4 nitrogen and oxygen atoms in total. The molecule has 5 heteroatoms. The van der Waals surface area contributed by atoms with Gasteiger partial charge in [0.25, 0.3) is 5.91 Å². The van der Waals surface area contributed by atoms with Gasteiger partial charge in [-0.25, -0.2) is 0 Å². The van der Waals surface area contributed by atoms with Crippen molar-refractivity contribution in [1.82, 2.24) is 0 Å². The van der Waals surface area contributed by atoms with Crippen LogP contribution >= 0.6 is 15.9 Å². The van der Waals surface area contributed by atoms with Crippen molar-refractivity contribution in [3.05, 3.63) is 52.5 Å². The number of anilines is 3. The van der Waals surface area contributed by atoms with Gasteiger partial charge in [0, 0.05) is 41.2 Å². The number of carbonyl (C=O) groups is 1. The second kappa shape index (κ2) is 5.96. The van der Waals surface area contributed by atoms with Crippen LogP contribution in [0.5, 0.6) is 0 Å². The van der Waals surface area contributed by atoms with Gasteiger partial charge in [0.2, 0.25) is 0 Å². The molecule has 1 amide bonds. The lowest BCUT2D eigenvalue weighted by Gasteiger charge is -2.13. The van der Waals surface area contributed by atoms with Crippen molar-refractivity contribution in [1.29, 1.82) is 0 Å². The zero-order valence-electron chi connectivity index (χ0n) is 11.4. The lowest BCUT2D eigenvalue weighted by Crippen LogP contribution is -2.14. The predicted octanol–water partition coefficient (Wildman–Crippen LogP) is 3.35. The number of nitrogens with two attached hydrogens (primary N) is 1. The maximum atomic E-state index is 12.2. The molecule has 0 unspecified atom stereocenters. The Hall–Kier alpha value is -2.01. The lowest BCUT2D eigenvalue weighted by atomic mass is 10.1. The van der Waals surface area contributed by atoms with E-state index < -0.39 is 0 Å². The molecule has 0 saturated heterocycles. The smallest absolute Gasteiger partial charge is 0.255 e. The largest absolute Gasteiger partial charge is 0.398 e. The number of hydrogen-bond donors (Lipinski definition) is 2. The lowest BCUT2D eigenvalue weighted by molar-refractivity contribution is 0.102. The summed E-state index contributed by atoms with van der Waals surface area (Å²) in [4.78, 5) is 14.2. The summed E-state index contributed by atoms with van der Waals surface area (Å²) < 4.78 is 0.761. The first kappa shape index (κ1) is 14.4. The third-order valence-corrected chi connectivity index (χ3v) is 3.57. The molecule has 104 valence electrons. The zero-order chi connectivity index (χ0) is 14.7. The number of rotatable bonds is 3. The molecule has 0 aromatic heterocycles. The summed E-state index contributed by atoms with van der Waals surface area (Å²) in [7, 11) is 3.88. The molecule has 0 heterocycles. The number of nitrogens with zero attached hydrogens (tertiary/aromatic N) is 1. The van der Waals surface area contributed by atoms with Crippen LogP contribution < -0.4 is 16.0 Å². The van der Waals surface area contributed by atoms with Gasteiger partial charge in [0.1, 0.15) is 0 Å². The van der Waals surface area contributed by atoms with E-state index in [1.165, 1.54) is 0 Å². The van der Waals surface area contributed by atoms with Crippen molar-refractivity contribution in [2.45, 2.75) is 0 Å². The number of nitrogen functional groups attached to an aromatic ring is 1. The molecule has 0 aliphatic heterocycles. The molecule has 0 aliphatic carbocycles. The molecule has 20 heavy (non-hydrogen) atoms. The van der Waals surface area contributed by atoms with Crippen molar-refractivity contribution in [3.63, 3.8) is 0 Å². The topological polar surface area (TPSA) is 58.4 Å². The van der Waals surface area contributed by atoms with Crippen LogP contribution in [-0.2, 0) is 0 Å². The van der Waals surface area contributed by atoms with Gasteiger partial charge in [-0.05, 0) is 52.3 Å². The molecular formula is C15H16BrN3O.